The van der Waals surface area contributed by atoms with Gasteiger partial charge in [0.1, 0.15) is 0 Å². The first-order valence-corrected chi connectivity index (χ1v) is 7.12. The maximum Gasteiger partial charge on any atom is 0.241 e. The van der Waals surface area contributed by atoms with Crippen molar-refractivity contribution in [2.45, 2.75) is 45.3 Å². The molecule has 4 heteroatoms. The highest BCUT2D eigenvalue weighted by atomic mass is 16.3. The van der Waals surface area contributed by atoms with Gasteiger partial charge in [0, 0.05) is 12.2 Å². The Hall–Kier alpha value is -1.39. The van der Waals surface area contributed by atoms with Crippen molar-refractivity contribution in [3.63, 3.8) is 0 Å². The van der Waals surface area contributed by atoms with Gasteiger partial charge in [-0.3, -0.25) is 9.69 Å². The highest BCUT2D eigenvalue weighted by Gasteiger charge is 2.23. The minimum Gasteiger partial charge on any atom is -0.390 e. The quantitative estimate of drug-likeness (QED) is 0.805. The number of benzene rings is 1. The van der Waals surface area contributed by atoms with E-state index in [0.29, 0.717) is 13.0 Å². The van der Waals surface area contributed by atoms with Crippen LogP contribution in [0.4, 0.5) is 5.69 Å². The van der Waals surface area contributed by atoms with Crippen molar-refractivity contribution in [1.29, 1.82) is 0 Å². The number of carbonyl (C=O) groups is 1. The van der Waals surface area contributed by atoms with Gasteiger partial charge in [-0.1, -0.05) is 25.1 Å². The lowest BCUT2D eigenvalue weighted by atomic mass is 10.0. The molecule has 0 aromatic heterocycles. The second kappa shape index (κ2) is 7.41. The molecule has 0 aliphatic carbocycles. The second-order valence-corrected chi connectivity index (χ2v) is 5.82. The van der Waals surface area contributed by atoms with Crippen LogP contribution in [0, 0.1) is 0 Å². The number of rotatable bonds is 7. The molecule has 1 rings (SSSR count). The molecular formula is C16H26N2O2. The lowest BCUT2D eigenvalue weighted by Gasteiger charge is -2.28. The summed E-state index contributed by atoms with van der Waals surface area (Å²) < 4.78 is 0. The van der Waals surface area contributed by atoms with E-state index in [4.69, 9.17) is 0 Å². The maximum atomic E-state index is 12.3. The third-order valence-electron chi connectivity index (χ3n) is 3.34. The fourth-order valence-electron chi connectivity index (χ4n) is 2.05. The fourth-order valence-corrected chi connectivity index (χ4v) is 2.05. The average molecular weight is 278 g/mol. The first kappa shape index (κ1) is 16.7. The number of likely N-dealkylation sites (N-methyl/N-ethyl adjacent to an activating group) is 1. The van der Waals surface area contributed by atoms with Crippen LogP contribution in [-0.2, 0) is 4.79 Å². The molecule has 1 atom stereocenters. The lowest BCUT2D eigenvalue weighted by molar-refractivity contribution is -0.121. The van der Waals surface area contributed by atoms with E-state index in [2.05, 4.69) is 5.32 Å². The van der Waals surface area contributed by atoms with Crippen LogP contribution >= 0.6 is 0 Å². The number of carbonyl (C=O) groups excluding carboxylic acids is 1. The van der Waals surface area contributed by atoms with Gasteiger partial charge in [0.05, 0.1) is 11.6 Å². The van der Waals surface area contributed by atoms with Crippen molar-refractivity contribution in [2.24, 2.45) is 0 Å². The Morgan fingerprint density at radius 1 is 1.35 bits per heavy atom. The predicted octanol–water partition coefficient (Wildman–Crippen LogP) is 2.50. The molecule has 0 bridgehead atoms. The molecule has 0 aliphatic heterocycles. The molecule has 0 aliphatic rings. The highest BCUT2D eigenvalue weighted by Crippen LogP contribution is 2.13. The van der Waals surface area contributed by atoms with Crippen molar-refractivity contribution >= 4 is 11.6 Å². The molecule has 0 spiro atoms. The van der Waals surface area contributed by atoms with Crippen LogP contribution in [-0.4, -0.2) is 41.1 Å². The van der Waals surface area contributed by atoms with Gasteiger partial charge in [0.15, 0.2) is 0 Å². The molecule has 1 aromatic rings. The maximum absolute atomic E-state index is 12.3. The standard InChI is InChI=1S/C16H26N2O2/c1-5-14(18(4)12-11-16(2,3)20)15(19)17-13-9-7-6-8-10-13/h6-10,14,20H,5,11-12H2,1-4H3,(H,17,19). The molecule has 0 saturated carbocycles. The molecule has 0 saturated heterocycles. The Morgan fingerprint density at radius 2 is 1.95 bits per heavy atom. The first-order valence-electron chi connectivity index (χ1n) is 7.12. The van der Waals surface area contributed by atoms with E-state index in [1.807, 2.05) is 49.2 Å². The van der Waals surface area contributed by atoms with Gasteiger partial charge in [0.2, 0.25) is 5.91 Å². The first-order chi connectivity index (χ1) is 9.33. The van der Waals surface area contributed by atoms with E-state index in [-0.39, 0.29) is 11.9 Å². The Labute approximate surface area is 121 Å². The molecule has 1 amide bonds. The summed E-state index contributed by atoms with van der Waals surface area (Å²) in [7, 11) is 1.92. The van der Waals surface area contributed by atoms with E-state index >= 15 is 0 Å². The fraction of sp³-hybridized carbons (Fsp3) is 0.562. The van der Waals surface area contributed by atoms with Crippen molar-refractivity contribution < 1.29 is 9.90 Å². The minimum atomic E-state index is -0.706. The number of hydrogen-bond donors (Lipinski definition) is 2. The Balaban J connectivity index is 2.58. The van der Waals surface area contributed by atoms with Crippen molar-refractivity contribution in [2.75, 3.05) is 18.9 Å². The van der Waals surface area contributed by atoms with E-state index in [0.717, 1.165) is 12.1 Å². The summed E-state index contributed by atoms with van der Waals surface area (Å²) in [6.07, 6.45) is 1.37. The number of para-hydroxylation sites is 1. The molecule has 1 aromatic carbocycles. The largest absolute Gasteiger partial charge is 0.390 e. The van der Waals surface area contributed by atoms with Crippen LogP contribution in [0.2, 0.25) is 0 Å². The van der Waals surface area contributed by atoms with Crippen molar-refractivity contribution in [3.8, 4) is 0 Å². The molecule has 0 fully saturated rings. The molecule has 0 heterocycles. The van der Waals surface area contributed by atoms with Crippen LogP contribution in [0.1, 0.15) is 33.6 Å². The number of nitrogens with zero attached hydrogens (tertiary/aromatic N) is 1. The minimum absolute atomic E-state index is 0.00283. The van der Waals surface area contributed by atoms with Crippen molar-refractivity contribution in [3.05, 3.63) is 30.3 Å². The number of amides is 1. The Kier molecular flexibility index (Phi) is 6.17. The molecule has 20 heavy (non-hydrogen) atoms. The van der Waals surface area contributed by atoms with Gasteiger partial charge in [0.25, 0.3) is 0 Å². The summed E-state index contributed by atoms with van der Waals surface area (Å²) in [6, 6.07) is 9.28. The summed E-state index contributed by atoms with van der Waals surface area (Å²) in [5.41, 5.74) is 0.106. The second-order valence-electron chi connectivity index (χ2n) is 5.82. The molecule has 112 valence electrons. The Morgan fingerprint density at radius 3 is 2.45 bits per heavy atom. The zero-order valence-electron chi connectivity index (χ0n) is 12.9. The zero-order valence-corrected chi connectivity index (χ0v) is 12.9. The van der Waals surface area contributed by atoms with E-state index in [9.17, 15) is 9.90 Å². The topological polar surface area (TPSA) is 52.6 Å². The van der Waals surface area contributed by atoms with Gasteiger partial charge >= 0.3 is 0 Å². The van der Waals surface area contributed by atoms with Gasteiger partial charge in [-0.15, -0.1) is 0 Å². The number of anilines is 1. The van der Waals surface area contributed by atoms with Gasteiger partial charge < -0.3 is 10.4 Å². The van der Waals surface area contributed by atoms with Crippen LogP contribution in [0.25, 0.3) is 0 Å². The van der Waals surface area contributed by atoms with E-state index in [1.54, 1.807) is 13.8 Å². The molecule has 1 unspecified atom stereocenters. The van der Waals surface area contributed by atoms with Gasteiger partial charge in [-0.05, 0) is 45.9 Å². The van der Waals surface area contributed by atoms with Crippen LogP contribution in [0.15, 0.2) is 30.3 Å². The zero-order chi connectivity index (χ0) is 15.2. The summed E-state index contributed by atoms with van der Waals surface area (Å²) in [5, 5.41) is 12.7. The van der Waals surface area contributed by atoms with Crippen LogP contribution in [0.5, 0.6) is 0 Å². The smallest absolute Gasteiger partial charge is 0.241 e. The monoisotopic (exact) mass is 278 g/mol. The normalized spacial score (nSPS) is 13.3. The van der Waals surface area contributed by atoms with E-state index in [1.165, 1.54) is 0 Å². The molecule has 0 radical (unpaired) electrons. The number of aliphatic hydroxyl groups is 1. The third kappa shape index (κ3) is 5.72. The van der Waals surface area contributed by atoms with E-state index < -0.39 is 5.60 Å². The summed E-state index contributed by atoms with van der Waals surface area (Å²) in [5.74, 6) is -0.00283. The average Bonchev–Trinajstić information content (AvgIpc) is 2.37. The number of nitrogens with one attached hydrogen (secondary N) is 1. The predicted molar refractivity (Wildman–Crippen MR) is 82.7 cm³/mol. The van der Waals surface area contributed by atoms with Gasteiger partial charge in [-0.25, -0.2) is 0 Å². The summed E-state index contributed by atoms with van der Waals surface area (Å²) in [6.45, 7) is 6.25. The Bertz CT molecular complexity index is 412. The summed E-state index contributed by atoms with van der Waals surface area (Å²) in [4.78, 5) is 14.3. The lowest BCUT2D eigenvalue weighted by Crippen LogP contribution is -2.43. The van der Waals surface area contributed by atoms with Crippen molar-refractivity contribution in [1.82, 2.24) is 4.90 Å². The third-order valence-corrected chi connectivity index (χ3v) is 3.34. The van der Waals surface area contributed by atoms with Crippen LogP contribution < -0.4 is 5.32 Å². The molecule has 4 nitrogen and oxygen atoms in total. The molecular weight excluding hydrogens is 252 g/mol. The van der Waals surface area contributed by atoms with Crippen LogP contribution in [0.3, 0.4) is 0 Å². The SMILES string of the molecule is CCC(C(=O)Nc1ccccc1)N(C)CCC(C)(C)O. The number of hydrogen-bond acceptors (Lipinski definition) is 3. The molecule has 2 N–H and O–H groups in total. The van der Waals surface area contributed by atoms with Gasteiger partial charge in [-0.2, -0.15) is 0 Å². The highest BCUT2D eigenvalue weighted by molar-refractivity contribution is 5.94. The summed E-state index contributed by atoms with van der Waals surface area (Å²) >= 11 is 0.